The average Bonchev–Trinajstić information content (AvgIpc) is 2.29. The van der Waals surface area contributed by atoms with E-state index in [0.717, 1.165) is 0 Å². The first-order valence-electron chi connectivity index (χ1n) is 5.10. The van der Waals surface area contributed by atoms with Crippen molar-refractivity contribution in [1.29, 1.82) is 0 Å². The number of rotatable bonds is 2. The molecule has 94 valence electrons. The average molecular weight is 289 g/mol. The second-order valence-corrected chi connectivity index (χ2v) is 4.51. The van der Waals surface area contributed by atoms with Crippen LogP contribution in [0.2, 0.25) is 10.2 Å². The van der Waals surface area contributed by atoms with Crippen molar-refractivity contribution in [1.82, 2.24) is 9.97 Å². The summed E-state index contributed by atoms with van der Waals surface area (Å²) in [6.07, 6.45) is 0.264. The van der Waals surface area contributed by atoms with Crippen LogP contribution in [0.4, 0.5) is 8.78 Å². The Balaban J connectivity index is 2.34. The first-order chi connectivity index (χ1) is 8.47. The lowest BCUT2D eigenvalue weighted by Crippen LogP contribution is -2.02. The molecule has 18 heavy (non-hydrogen) atoms. The predicted octanol–water partition coefficient (Wildman–Crippen LogP) is 3.96. The van der Waals surface area contributed by atoms with Crippen LogP contribution in [0, 0.1) is 18.6 Å². The Hall–Kier alpha value is -1.26. The van der Waals surface area contributed by atoms with Crippen LogP contribution in [0.5, 0.6) is 0 Å². The van der Waals surface area contributed by atoms with E-state index in [-0.39, 0.29) is 22.3 Å². The molecule has 2 nitrogen and oxygen atoms in total. The highest BCUT2D eigenvalue weighted by molar-refractivity contribution is 6.31. The number of aryl methyl sites for hydroxylation is 1. The highest BCUT2D eigenvalue weighted by atomic mass is 35.5. The molecule has 6 heteroatoms. The number of aromatic nitrogens is 2. The molecule has 0 saturated carbocycles. The molecule has 0 amide bonds. The van der Waals surface area contributed by atoms with Crippen LogP contribution in [0.15, 0.2) is 18.2 Å². The fourth-order valence-corrected chi connectivity index (χ4v) is 1.96. The second-order valence-electron chi connectivity index (χ2n) is 3.74. The quantitative estimate of drug-likeness (QED) is 0.782. The third-order valence-corrected chi connectivity index (χ3v) is 2.99. The molecule has 0 saturated heterocycles. The topological polar surface area (TPSA) is 25.8 Å². The van der Waals surface area contributed by atoms with Crippen LogP contribution >= 0.6 is 23.2 Å². The normalized spacial score (nSPS) is 10.7. The van der Waals surface area contributed by atoms with Crippen molar-refractivity contribution in [2.45, 2.75) is 13.3 Å². The van der Waals surface area contributed by atoms with Gasteiger partial charge in [0.2, 0.25) is 0 Å². The molecule has 0 fully saturated rings. The summed E-state index contributed by atoms with van der Waals surface area (Å²) in [4.78, 5) is 7.79. The Labute approximate surface area is 113 Å². The van der Waals surface area contributed by atoms with Gasteiger partial charge >= 0.3 is 0 Å². The maximum Gasteiger partial charge on any atom is 0.181 e. The first kappa shape index (κ1) is 13.2. The van der Waals surface area contributed by atoms with Crippen molar-refractivity contribution in [2.75, 3.05) is 0 Å². The SMILES string of the molecule is Cc1nc(Cc2ccc(F)cc2Cl)nc(Cl)c1F. The van der Waals surface area contributed by atoms with Gasteiger partial charge in [-0.2, -0.15) is 0 Å². The summed E-state index contributed by atoms with van der Waals surface area (Å²) >= 11 is 11.5. The zero-order valence-electron chi connectivity index (χ0n) is 9.35. The van der Waals surface area contributed by atoms with E-state index in [9.17, 15) is 8.78 Å². The summed E-state index contributed by atoms with van der Waals surface area (Å²) in [5.41, 5.74) is 0.823. The third kappa shape index (κ3) is 2.76. The van der Waals surface area contributed by atoms with E-state index in [1.54, 1.807) is 0 Å². The summed E-state index contributed by atoms with van der Waals surface area (Å²) in [5.74, 6) is -0.712. The van der Waals surface area contributed by atoms with Gasteiger partial charge < -0.3 is 0 Å². The minimum absolute atomic E-state index is 0.170. The summed E-state index contributed by atoms with van der Waals surface area (Å²) < 4.78 is 26.1. The van der Waals surface area contributed by atoms with E-state index in [2.05, 4.69) is 9.97 Å². The van der Waals surface area contributed by atoms with Crippen molar-refractivity contribution in [3.8, 4) is 0 Å². The van der Waals surface area contributed by atoms with Crippen LogP contribution in [-0.2, 0) is 6.42 Å². The van der Waals surface area contributed by atoms with E-state index in [4.69, 9.17) is 23.2 Å². The Morgan fingerprint density at radius 1 is 1.17 bits per heavy atom. The van der Waals surface area contributed by atoms with Crippen molar-refractivity contribution in [2.24, 2.45) is 0 Å². The van der Waals surface area contributed by atoms with Crippen molar-refractivity contribution < 1.29 is 8.78 Å². The molecule has 0 aliphatic carbocycles. The number of nitrogens with zero attached hydrogens (tertiary/aromatic N) is 2. The molecule has 2 aromatic rings. The number of hydrogen-bond donors (Lipinski definition) is 0. The Kier molecular flexibility index (Phi) is 3.78. The predicted molar refractivity (Wildman–Crippen MR) is 66.0 cm³/mol. The van der Waals surface area contributed by atoms with E-state index in [1.165, 1.54) is 25.1 Å². The Bertz CT molecular complexity index is 580. The van der Waals surface area contributed by atoms with Gasteiger partial charge in [0.1, 0.15) is 11.6 Å². The molecule has 0 bridgehead atoms. The monoisotopic (exact) mass is 288 g/mol. The molecule has 0 spiro atoms. The molecule has 0 unspecified atom stereocenters. The Morgan fingerprint density at radius 2 is 1.89 bits per heavy atom. The van der Waals surface area contributed by atoms with Gasteiger partial charge in [-0.3, -0.25) is 0 Å². The minimum Gasteiger partial charge on any atom is -0.235 e. The smallest absolute Gasteiger partial charge is 0.181 e. The van der Waals surface area contributed by atoms with Crippen molar-refractivity contribution in [3.63, 3.8) is 0 Å². The minimum atomic E-state index is -0.634. The number of halogens is 4. The first-order valence-corrected chi connectivity index (χ1v) is 5.85. The van der Waals surface area contributed by atoms with Crippen LogP contribution < -0.4 is 0 Å². The van der Waals surface area contributed by atoms with Crippen LogP contribution in [-0.4, -0.2) is 9.97 Å². The molecule has 0 aliphatic rings. The highest BCUT2D eigenvalue weighted by Gasteiger charge is 2.11. The van der Waals surface area contributed by atoms with E-state index in [0.29, 0.717) is 11.4 Å². The molecule has 0 N–H and O–H groups in total. The molecule has 0 radical (unpaired) electrons. The third-order valence-electron chi connectivity index (χ3n) is 2.39. The lowest BCUT2D eigenvalue weighted by Gasteiger charge is -2.05. The van der Waals surface area contributed by atoms with E-state index < -0.39 is 11.6 Å². The zero-order valence-corrected chi connectivity index (χ0v) is 10.9. The van der Waals surface area contributed by atoms with E-state index in [1.807, 2.05) is 0 Å². The van der Waals surface area contributed by atoms with Gasteiger partial charge in [-0.15, -0.1) is 0 Å². The van der Waals surface area contributed by atoms with Crippen LogP contribution in [0.3, 0.4) is 0 Å². The maximum atomic E-state index is 13.2. The lowest BCUT2D eigenvalue weighted by atomic mass is 10.1. The molecule has 0 aliphatic heterocycles. The van der Waals surface area contributed by atoms with Gasteiger partial charge in [-0.25, -0.2) is 18.7 Å². The summed E-state index contributed by atoms with van der Waals surface area (Å²) in [5, 5.41) is 0.0486. The van der Waals surface area contributed by atoms with Crippen LogP contribution in [0.1, 0.15) is 17.1 Å². The largest absolute Gasteiger partial charge is 0.235 e. The molecule has 1 aromatic carbocycles. The number of benzene rings is 1. The van der Waals surface area contributed by atoms with Crippen molar-refractivity contribution >= 4 is 23.2 Å². The molecule has 0 atom stereocenters. The summed E-state index contributed by atoms with van der Waals surface area (Å²) in [7, 11) is 0. The maximum absolute atomic E-state index is 13.2. The summed E-state index contributed by atoms with van der Waals surface area (Å²) in [6, 6.07) is 4.03. The molecule has 1 heterocycles. The molecular weight excluding hydrogens is 281 g/mol. The second kappa shape index (κ2) is 5.16. The standard InChI is InChI=1S/C12H8Cl2F2N2/c1-6-11(16)12(14)18-10(17-6)4-7-2-3-8(15)5-9(7)13/h2-3,5H,4H2,1H3. The van der Waals surface area contributed by atoms with E-state index >= 15 is 0 Å². The molecular formula is C12H8Cl2F2N2. The van der Waals surface area contributed by atoms with Gasteiger partial charge in [0.05, 0.1) is 5.69 Å². The van der Waals surface area contributed by atoms with Crippen molar-refractivity contribution in [3.05, 3.63) is 57.1 Å². The lowest BCUT2D eigenvalue weighted by molar-refractivity contribution is 0.597. The van der Waals surface area contributed by atoms with Gasteiger partial charge in [-0.05, 0) is 24.6 Å². The molecule has 2 rings (SSSR count). The number of hydrogen-bond acceptors (Lipinski definition) is 2. The van der Waals surface area contributed by atoms with Gasteiger partial charge in [0, 0.05) is 11.4 Å². The fraction of sp³-hybridized carbons (Fsp3) is 0.167. The van der Waals surface area contributed by atoms with Gasteiger partial charge in [0.25, 0.3) is 0 Å². The fourth-order valence-electron chi connectivity index (χ4n) is 1.49. The highest BCUT2D eigenvalue weighted by Crippen LogP contribution is 2.21. The Morgan fingerprint density at radius 3 is 2.50 bits per heavy atom. The van der Waals surface area contributed by atoms with Gasteiger partial charge in [0.15, 0.2) is 11.0 Å². The van der Waals surface area contributed by atoms with Crippen LogP contribution in [0.25, 0.3) is 0 Å². The molecule has 1 aromatic heterocycles. The van der Waals surface area contributed by atoms with Gasteiger partial charge in [-0.1, -0.05) is 29.3 Å². The summed E-state index contributed by atoms with van der Waals surface area (Å²) in [6.45, 7) is 1.50. The zero-order chi connectivity index (χ0) is 13.3.